The van der Waals surface area contributed by atoms with Gasteiger partial charge in [0.25, 0.3) is 0 Å². The Hall–Kier alpha value is -0.410. The molecule has 0 amide bonds. The highest BCUT2D eigenvalue weighted by atomic mass is 16.1. The van der Waals surface area contributed by atoms with Gasteiger partial charge in [-0.05, 0) is 26.4 Å². The second-order valence-electron chi connectivity index (χ2n) is 4.14. The zero-order valence-corrected chi connectivity index (χ0v) is 8.62. The van der Waals surface area contributed by atoms with Crippen molar-refractivity contribution >= 4 is 5.78 Å². The number of Topliss-reactive ketones (excluding diaryl/α,β-unsaturated/α-hetero) is 1. The summed E-state index contributed by atoms with van der Waals surface area (Å²) in [6, 6.07) is 0. The molecule has 1 heterocycles. The van der Waals surface area contributed by atoms with Gasteiger partial charge in [-0.25, -0.2) is 0 Å². The minimum absolute atomic E-state index is 0.0384. The summed E-state index contributed by atoms with van der Waals surface area (Å²) in [7, 11) is 2.08. The van der Waals surface area contributed by atoms with Crippen LogP contribution in [0.2, 0.25) is 0 Å². The Morgan fingerprint density at radius 3 is 2.92 bits per heavy atom. The predicted octanol–water partition coefficient (Wildman–Crippen LogP) is 0.492. The molecule has 1 saturated heterocycles. The van der Waals surface area contributed by atoms with E-state index in [1.54, 1.807) is 0 Å². The van der Waals surface area contributed by atoms with E-state index >= 15 is 0 Å². The molecule has 0 saturated carbocycles. The quantitative estimate of drug-likeness (QED) is 0.694. The number of carbonyl (C=O) groups is 1. The summed E-state index contributed by atoms with van der Waals surface area (Å²) in [5.41, 5.74) is 5.48. The number of carbonyl (C=O) groups excluding carboxylic acids is 1. The van der Waals surface area contributed by atoms with Crippen molar-refractivity contribution < 1.29 is 4.79 Å². The van der Waals surface area contributed by atoms with E-state index in [1.165, 1.54) is 0 Å². The highest BCUT2D eigenvalue weighted by molar-refractivity contribution is 5.83. The second kappa shape index (κ2) is 4.72. The van der Waals surface area contributed by atoms with Crippen LogP contribution in [0.25, 0.3) is 0 Å². The standard InChI is InChI=1S/C10H20N2O/c1-8(6-11)10(13)9-4-3-5-12(2)7-9/h8-9H,3-7,11H2,1-2H3. The Balaban J connectivity index is 2.46. The maximum Gasteiger partial charge on any atom is 0.141 e. The highest BCUT2D eigenvalue weighted by Gasteiger charge is 2.26. The summed E-state index contributed by atoms with van der Waals surface area (Å²) >= 11 is 0. The molecule has 0 aliphatic carbocycles. The molecule has 1 fully saturated rings. The first kappa shape index (κ1) is 10.7. The van der Waals surface area contributed by atoms with Gasteiger partial charge in [0, 0.05) is 24.9 Å². The molecule has 1 rings (SSSR count). The molecule has 0 spiro atoms. The van der Waals surface area contributed by atoms with E-state index in [0.29, 0.717) is 12.3 Å². The van der Waals surface area contributed by atoms with Crippen molar-refractivity contribution in [2.75, 3.05) is 26.7 Å². The van der Waals surface area contributed by atoms with Crippen molar-refractivity contribution in [2.24, 2.45) is 17.6 Å². The Kier molecular flexibility index (Phi) is 3.88. The summed E-state index contributed by atoms with van der Waals surface area (Å²) in [6.45, 7) is 4.46. The Bertz CT molecular complexity index is 182. The maximum atomic E-state index is 11.8. The van der Waals surface area contributed by atoms with E-state index in [2.05, 4.69) is 11.9 Å². The lowest BCUT2D eigenvalue weighted by atomic mass is 9.88. The molecular formula is C10H20N2O. The van der Waals surface area contributed by atoms with Gasteiger partial charge >= 0.3 is 0 Å². The van der Waals surface area contributed by atoms with E-state index in [0.717, 1.165) is 25.9 Å². The van der Waals surface area contributed by atoms with Crippen LogP contribution in [0.1, 0.15) is 19.8 Å². The van der Waals surface area contributed by atoms with Crippen molar-refractivity contribution in [3.8, 4) is 0 Å². The summed E-state index contributed by atoms with van der Waals surface area (Å²) in [4.78, 5) is 14.0. The largest absolute Gasteiger partial charge is 0.330 e. The molecule has 0 bridgehead atoms. The molecule has 1 aliphatic heterocycles. The van der Waals surface area contributed by atoms with E-state index < -0.39 is 0 Å². The van der Waals surface area contributed by atoms with Gasteiger partial charge in [-0.2, -0.15) is 0 Å². The number of hydrogen-bond acceptors (Lipinski definition) is 3. The van der Waals surface area contributed by atoms with Crippen LogP contribution in [-0.4, -0.2) is 37.4 Å². The molecule has 0 aromatic rings. The molecule has 13 heavy (non-hydrogen) atoms. The molecule has 3 nitrogen and oxygen atoms in total. The third kappa shape index (κ3) is 2.78. The van der Waals surface area contributed by atoms with Gasteiger partial charge < -0.3 is 10.6 Å². The van der Waals surface area contributed by atoms with E-state index in [-0.39, 0.29) is 11.8 Å². The molecule has 3 heteroatoms. The van der Waals surface area contributed by atoms with Crippen LogP contribution in [0.4, 0.5) is 0 Å². The normalized spacial score (nSPS) is 27.2. The van der Waals surface area contributed by atoms with Crippen LogP contribution in [0.15, 0.2) is 0 Å². The summed E-state index contributed by atoms with van der Waals surface area (Å²) in [5, 5.41) is 0. The van der Waals surface area contributed by atoms with Gasteiger partial charge in [-0.15, -0.1) is 0 Å². The SMILES string of the molecule is CC(CN)C(=O)C1CCCN(C)C1. The summed E-state index contributed by atoms with van der Waals surface area (Å²) < 4.78 is 0. The molecule has 0 aromatic carbocycles. The molecule has 0 aromatic heterocycles. The number of likely N-dealkylation sites (tertiary alicyclic amines) is 1. The average molecular weight is 184 g/mol. The number of nitrogens with two attached hydrogens (primary N) is 1. The van der Waals surface area contributed by atoms with Crippen LogP contribution in [0.5, 0.6) is 0 Å². The Labute approximate surface area is 80.3 Å². The summed E-state index contributed by atoms with van der Waals surface area (Å²) in [6.07, 6.45) is 2.19. The first-order valence-corrected chi connectivity index (χ1v) is 5.07. The molecule has 2 atom stereocenters. The van der Waals surface area contributed by atoms with Gasteiger partial charge in [0.1, 0.15) is 5.78 Å². The Morgan fingerprint density at radius 2 is 2.38 bits per heavy atom. The third-order valence-corrected chi connectivity index (χ3v) is 2.87. The fourth-order valence-corrected chi connectivity index (χ4v) is 1.92. The minimum atomic E-state index is 0.0384. The van der Waals surface area contributed by atoms with Gasteiger partial charge in [0.05, 0.1) is 0 Å². The van der Waals surface area contributed by atoms with Crippen molar-refractivity contribution in [2.45, 2.75) is 19.8 Å². The van der Waals surface area contributed by atoms with Crippen LogP contribution in [0.3, 0.4) is 0 Å². The highest BCUT2D eigenvalue weighted by Crippen LogP contribution is 2.18. The van der Waals surface area contributed by atoms with Gasteiger partial charge in [0.2, 0.25) is 0 Å². The molecule has 0 radical (unpaired) electrons. The maximum absolute atomic E-state index is 11.8. The molecule has 1 aliphatic rings. The van der Waals surface area contributed by atoms with Gasteiger partial charge in [-0.1, -0.05) is 6.92 Å². The molecular weight excluding hydrogens is 164 g/mol. The van der Waals surface area contributed by atoms with Gasteiger partial charge in [-0.3, -0.25) is 4.79 Å². The topological polar surface area (TPSA) is 46.3 Å². The number of ketones is 1. The second-order valence-corrected chi connectivity index (χ2v) is 4.14. The predicted molar refractivity (Wildman–Crippen MR) is 53.4 cm³/mol. The molecule has 2 unspecified atom stereocenters. The zero-order chi connectivity index (χ0) is 9.84. The van der Waals surface area contributed by atoms with Crippen molar-refractivity contribution in [3.05, 3.63) is 0 Å². The number of nitrogens with zero attached hydrogens (tertiary/aromatic N) is 1. The number of rotatable bonds is 3. The first-order chi connectivity index (χ1) is 6.15. The Morgan fingerprint density at radius 1 is 1.69 bits per heavy atom. The third-order valence-electron chi connectivity index (χ3n) is 2.87. The average Bonchev–Trinajstić information content (AvgIpc) is 2.15. The lowest BCUT2D eigenvalue weighted by Crippen LogP contribution is -2.39. The minimum Gasteiger partial charge on any atom is -0.330 e. The number of hydrogen-bond donors (Lipinski definition) is 1. The van der Waals surface area contributed by atoms with Crippen LogP contribution < -0.4 is 5.73 Å². The lowest BCUT2D eigenvalue weighted by Gasteiger charge is -2.29. The molecule has 76 valence electrons. The van der Waals surface area contributed by atoms with E-state index in [9.17, 15) is 4.79 Å². The van der Waals surface area contributed by atoms with Crippen molar-refractivity contribution in [1.29, 1.82) is 0 Å². The fraction of sp³-hybridized carbons (Fsp3) is 0.900. The van der Waals surface area contributed by atoms with Gasteiger partial charge in [0.15, 0.2) is 0 Å². The lowest BCUT2D eigenvalue weighted by molar-refractivity contribution is -0.127. The molecule has 2 N–H and O–H groups in total. The smallest absolute Gasteiger partial charge is 0.141 e. The monoisotopic (exact) mass is 184 g/mol. The van der Waals surface area contributed by atoms with E-state index in [1.807, 2.05) is 6.92 Å². The fourth-order valence-electron chi connectivity index (χ4n) is 1.92. The van der Waals surface area contributed by atoms with Crippen LogP contribution >= 0.6 is 0 Å². The number of piperidine rings is 1. The summed E-state index contributed by atoms with van der Waals surface area (Å²) in [5.74, 6) is 0.628. The van der Waals surface area contributed by atoms with Crippen molar-refractivity contribution in [1.82, 2.24) is 4.90 Å². The zero-order valence-electron chi connectivity index (χ0n) is 8.62. The van der Waals surface area contributed by atoms with Crippen LogP contribution in [-0.2, 0) is 4.79 Å². The first-order valence-electron chi connectivity index (χ1n) is 5.07. The van der Waals surface area contributed by atoms with Crippen molar-refractivity contribution in [3.63, 3.8) is 0 Å². The van der Waals surface area contributed by atoms with E-state index in [4.69, 9.17) is 5.73 Å². The van der Waals surface area contributed by atoms with Crippen LogP contribution in [0, 0.1) is 11.8 Å².